The summed E-state index contributed by atoms with van der Waals surface area (Å²) in [5, 5.41) is 10.00. The molecule has 0 saturated carbocycles. The Hall–Kier alpha value is -2.28. The van der Waals surface area contributed by atoms with Crippen molar-refractivity contribution < 1.29 is 4.79 Å². The first-order valence-electron chi connectivity index (χ1n) is 11.6. The van der Waals surface area contributed by atoms with Crippen molar-refractivity contribution in [2.75, 3.05) is 44.6 Å². The fraction of sp³-hybridized carbons (Fsp3) is 0.652. The zero-order chi connectivity index (χ0) is 21.2. The number of urea groups is 1. The summed E-state index contributed by atoms with van der Waals surface area (Å²) in [6.45, 7) is 11.0. The number of piperidine rings is 1. The standard InChI is InChI=1S/C23H38N6O/c1-3-12-28-15-10-20(11-16-28)26-22(24-4-2)25-18-19-8-7-9-21(17-19)27-23(30)29-13-5-6-14-29/h7-9,17,20H,3-6,10-16,18H2,1-2H3,(H,27,30)(H2,24,25,26). The predicted octanol–water partition coefficient (Wildman–Crippen LogP) is 3.24. The van der Waals surface area contributed by atoms with Crippen LogP contribution in [0.25, 0.3) is 0 Å². The largest absolute Gasteiger partial charge is 0.357 e. The first-order chi connectivity index (χ1) is 14.7. The topological polar surface area (TPSA) is 72.0 Å². The summed E-state index contributed by atoms with van der Waals surface area (Å²) in [6, 6.07) is 8.47. The van der Waals surface area contributed by atoms with Gasteiger partial charge in [0.15, 0.2) is 5.96 Å². The molecule has 1 aromatic carbocycles. The molecule has 0 aliphatic carbocycles. The number of aliphatic imine (C=N–C) groups is 1. The minimum Gasteiger partial charge on any atom is -0.357 e. The van der Waals surface area contributed by atoms with Gasteiger partial charge in [0.05, 0.1) is 6.54 Å². The van der Waals surface area contributed by atoms with E-state index in [0.29, 0.717) is 12.6 Å². The van der Waals surface area contributed by atoms with Crippen LogP contribution in [-0.4, -0.2) is 67.1 Å². The molecule has 0 spiro atoms. The lowest BCUT2D eigenvalue weighted by atomic mass is 10.1. The van der Waals surface area contributed by atoms with E-state index in [2.05, 4.69) is 40.8 Å². The van der Waals surface area contributed by atoms with Crippen LogP contribution in [0.15, 0.2) is 29.3 Å². The number of hydrogen-bond acceptors (Lipinski definition) is 3. The molecular formula is C23H38N6O. The van der Waals surface area contributed by atoms with Crippen LogP contribution in [0, 0.1) is 0 Å². The number of likely N-dealkylation sites (tertiary alicyclic amines) is 2. The van der Waals surface area contributed by atoms with E-state index in [1.54, 1.807) is 0 Å². The molecule has 0 aromatic heterocycles. The number of rotatable bonds is 7. The number of benzene rings is 1. The first-order valence-corrected chi connectivity index (χ1v) is 11.6. The van der Waals surface area contributed by atoms with Gasteiger partial charge in [0.2, 0.25) is 0 Å². The number of hydrogen-bond donors (Lipinski definition) is 3. The van der Waals surface area contributed by atoms with Gasteiger partial charge >= 0.3 is 6.03 Å². The molecule has 3 N–H and O–H groups in total. The first kappa shape index (κ1) is 22.4. The van der Waals surface area contributed by atoms with E-state index in [1.165, 1.54) is 13.0 Å². The minimum atomic E-state index is -0.00225. The molecule has 0 radical (unpaired) electrons. The van der Waals surface area contributed by atoms with E-state index in [1.807, 2.05) is 23.1 Å². The second-order valence-electron chi connectivity index (χ2n) is 8.28. The SMILES string of the molecule is CCCN1CCC(NC(=NCc2cccc(NC(=O)N3CCCC3)c2)NCC)CC1. The van der Waals surface area contributed by atoms with Crippen molar-refractivity contribution in [3.05, 3.63) is 29.8 Å². The van der Waals surface area contributed by atoms with Gasteiger partial charge in [-0.25, -0.2) is 9.79 Å². The van der Waals surface area contributed by atoms with Gasteiger partial charge in [-0.15, -0.1) is 0 Å². The van der Waals surface area contributed by atoms with Crippen molar-refractivity contribution in [2.24, 2.45) is 4.99 Å². The lowest BCUT2D eigenvalue weighted by molar-refractivity contribution is 0.206. The fourth-order valence-electron chi connectivity index (χ4n) is 4.17. The highest BCUT2D eigenvalue weighted by Gasteiger charge is 2.19. The maximum atomic E-state index is 12.3. The summed E-state index contributed by atoms with van der Waals surface area (Å²) in [6.07, 6.45) is 5.73. The van der Waals surface area contributed by atoms with Crippen LogP contribution in [0.3, 0.4) is 0 Å². The van der Waals surface area contributed by atoms with E-state index in [0.717, 1.165) is 75.6 Å². The monoisotopic (exact) mass is 414 g/mol. The summed E-state index contributed by atoms with van der Waals surface area (Å²) in [5.41, 5.74) is 1.92. The summed E-state index contributed by atoms with van der Waals surface area (Å²) in [7, 11) is 0. The highest BCUT2D eigenvalue weighted by Crippen LogP contribution is 2.15. The summed E-state index contributed by atoms with van der Waals surface area (Å²) in [4.78, 5) is 21.5. The van der Waals surface area contributed by atoms with Crippen molar-refractivity contribution in [3.8, 4) is 0 Å². The molecule has 166 valence electrons. The molecule has 0 unspecified atom stereocenters. The Morgan fingerprint density at radius 1 is 1.13 bits per heavy atom. The van der Waals surface area contributed by atoms with Gasteiger partial charge in [-0.1, -0.05) is 19.1 Å². The maximum absolute atomic E-state index is 12.3. The van der Waals surface area contributed by atoms with E-state index in [9.17, 15) is 4.79 Å². The number of guanidine groups is 1. The second kappa shape index (κ2) is 11.8. The van der Waals surface area contributed by atoms with Gasteiger partial charge < -0.3 is 25.8 Å². The van der Waals surface area contributed by atoms with Crippen molar-refractivity contribution in [1.29, 1.82) is 0 Å². The molecule has 0 bridgehead atoms. The van der Waals surface area contributed by atoms with Crippen molar-refractivity contribution in [2.45, 2.75) is 58.5 Å². The van der Waals surface area contributed by atoms with E-state index in [4.69, 9.17) is 4.99 Å². The van der Waals surface area contributed by atoms with Crippen molar-refractivity contribution in [1.82, 2.24) is 20.4 Å². The average molecular weight is 415 g/mol. The zero-order valence-corrected chi connectivity index (χ0v) is 18.6. The third-order valence-corrected chi connectivity index (χ3v) is 5.80. The Morgan fingerprint density at radius 2 is 1.90 bits per heavy atom. The summed E-state index contributed by atoms with van der Waals surface area (Å²) >= 11 is 0. The summed E-state index contributed by atoms with van der Waals surface area (Å²) in [5.74, 6) is 0.873. The molecule has 7 heteroatoms. The molecule has 2 aliphatic rings. The smallest absolute Gasteiger partial charge is 0.321 e. The average Bonchev–Trinajstić information content (AvgIpc) is 3.29. The van der Waals surface area contributed by atoms with Crippen LogP contribution < -0.4 is 16.0 Å². The molecular weight excluding hydrogens is 376 g/mol. The van der Waals surface area contributed by atoms with Crippen LogP contribution >= 0.6 is 0 Å². The van der Waals surface area contributed by atoms with Crippen LogP contribution in [0.4, 0.5) is 10.5 Å². The third kappa shape index (κ3) is 6.90. The molecule has 7 nitrogen and oxygen atoms in total. The Bertz CT molecular complexity index is 693. The number of nitrogens with one attached hydrogen (secondary N) is 3. The lowest BCUT2D eigenvalue weighted by Gasteiger charge is -2.32. The maximum Gasteiger partial charge on any atom is 0.321 e. The van der Waals surface area contributed by atoms with Gasteiger partial charge in [0.25, 0.3) is 0 Å². The molecule has 2 amide bonds. The third-order valence-electron chi connectivity index (χ3n) is 5.80. The number of carbonyl (C=O) groups excluding carboxylic acids is 1. The molecule has 3 rings (SSSR count). The van der Waals surface area contributed by atoms with Crippen molar-refractivity contribution >= 4 is 17.7 Å². The molecule has 1 aromatic rings. The zero-order valence-electron chi connectivity index (χ0n) is 18.6. The lowest BCUT2D eigenvalue weighted by Crippen LogP contribution is -2.48. The number of amides is 2. The van der Waals surface area contributed by atoms with E-state index in [-0.39, 0.29) is 6.03 Å². The van der Waals surface area contributed by atoms with Crippen LogP contribution in [0.2, 0.25) is 0 Å². The highest BCUT2D eigenvalue weighted by molar-refractivity contribution is 5.89. The molecule has 2 saturated heterocycles. The molecule has 2 aliphatic heterocycles. The van der Waals surface area contributed by atoms with Gasteiger partial charge in [0.1, 0.15) is 0 Å². The second-order valence-corrected chi connectivity index (χ2v) is 8.28. The molecule has 30 heavy (non-hydrogen) atoms. The molecule has 2 heterocycles. The normalized spacial score (nSPS) is 18.5. The molecule has 2 fully saturated rings. The predicted molar refractivity (Wildman–Crippen MR) is 124 cm³/mol. The van der Waals surface area contributed by atoms with Crippen molar-refractivity contribution in [3.63, 3.8) is 0 Å². The Morgan fingerprint density at radius 3 is 2.60 bits per heavy atom. The minimum absolute atomic E-state index is 0.00225. The Balaban J connectivity index is 1.53. The van der Waals surface area contributed by atoms with Gasteiger partial charge in [-0.3, -0.25) is 0 Å². The highest BCUT2D eigenvalue weighted by atomic mass is 16.2. The summed E-state index contributed by atoms with van der Waals surface area (Å²) < 4.78 is 0. The van der Waals surface area contributed by atoms with Crippen LogP contribution in [0.5, 0.6) is 0 Å². The fourth-order valence-corrected chi connectivity index (χ4v) is 4.17. The number of anilines is 1. The van der Waals surface area contributed by atoms with Gasteiger partial charge in [0, 0.05) is 44.5 Å². The Labute approximate surface area is 181 Å². The van der Waals surface area contributed by atoms with E-state index >= 15 is 0 Å². The number of carbonyl (C=O) groups is 1. The van der Waals surface area contributed by atoms with E-state index < -0.39 is 0 Å². The Kier molecular flexibility index (Phi) is 8.81. The quantitative estimate of drug-likeness (QED) is 0.473. The van der Waals surface area contributed by atoms with Crippen LogP contribution in [0.1, 0.15) is 51.5 Å². The number of nitrogens with zero attached hydrogens (tertiary/aromatic N) is 3. The molecule has 0 atom stereocenters. The van der Waals surface area contributed by atoms with Crippen LogP contribution in [-0.2, 0) is 6.54 Å². The van der Waals surface area contributed by atoms with Gasteiger partial charge in [-0.2, -0.15) is 0 Å². The van der Waals surface area contributed by atoms with Gasteiger partial charge in [-0.05, 0) is 63.3 Å².